The highest BCUT2D eigenvalue weighted by atomic mass is 16.6. The van der Waals surface area contributed by atoms with Crippen molar-refractivity contribution in [3.05, 3.63) is 39.4 Å². The second-order valence-electron chi connectivity index (χ2n) is 5.40. The van der Waals surface area contributed by atoms with Crippen molar-refractivity contribution < 1.29 is 19.6 Å². The number of aliphatic hydroxyl groups is 1. The van der Waals surface area contributed by atoms with Gasteiger partial charge in [-0.25, -0.2) is 0 Å². The molecule has 0 saturated heterocycles. The number of benzene rings is 1. The van der Waals surface area contributed by atoms with Gasteiger partial charge in [-0.05, 0) is 31.7 Å². The van der Waals surface area contributed by atoms with Gasteiger partial charge < -0.3 is 5.11 Å². The predicted octanol–water partition coefficient (Wildman–Crippen LogP) is 1.49. The van der Waals surface area contributed by atoms with Gasteiger partial charge in [0.2, 0.25) is 0 Å². The van der Waals surface area contributed by atoms with Crippen LogP contribution >= 0.6 is 0 Å². The van der Waals surface area contributed by atoms with Crippen LogP contribution in [-0.2, 0) is 0 Å². The van der Waals surface area contributed by atoms with Crippen LogP contribution < -0.4 is 0 Å². The minimum atomic E-state index is -0.641. The standard InChI is InChI=1S/C14H14N2O5/c17-9-6-4-8(5-7-9)15-13(18)10-2-1-3-11(16(20)21)12(10)14(15)19/h1-3,8-9,17H,4-7H2. The van der Waals surface area contributed by atoms with E-state index in [-0.39, 0.29) is 22.9 Å². The lowest BCUT2D eigenvalue weighted by atomic mass is 9.92. The van der Waals surface area contributed by atoms with Crippen LogP contribution in [0.1, 0.15) is 46.4 Å². The molecule has 1 aliphatic heterocycles. The van der Waals surface area contributed by atoms with Crippen molar-refractivity contribution in [1.82, 2.24) is 4.90 Å². The van der Waals surface area contributed by atoms with E-state index in [1.54, 1.807) is 0 Å². The molecule has 0 bridgehead atoms. The summed E-state index contributed by atoms with van der Waals surface area (Å²) in [7, 11) is 0. The van der Waals surface area contributed by atoms with Crippen molar-refractivity contribution in [3.8, 4) is 0 Å². The molecule has 0 radical (unpaired) electrons. The van der Waals surface area contributed by atoms with E-state index in [0.29, 0.717) is 25.7 Å². The fourth-order valence-electron chi connectivity index (χ4n) is 3.09. The van der Waals surface area contributed by atoms with Crippen molar-refractivity contribution in [2.24, 2.45) is 0 Å². The van der Waals surface area contributed by atoms with E-state index in [9.17, 15) is 24.8 Å². The van der Waals surface area contributed by atoms with E-state index in [1.165, 1.54) is 18.2 Å². The summed E-state index contributed by atoms with van der Waals surface area (Å²) in [4.78, 5) is 36.4. The molecule has 1 N–H and O–H groups in total. The fourth-order valence-corrected chi connectivity index (χ4v) is 3.09. The van der Waals surface area contributed by atoms with Crippen molar-refractivity contribution >= 4 is 17.5 Å². The maximum atomic E-state index is 12.5. The number of hydrogen-bond donors (Lipinski definition) is 1. The SMILES string of the molecule is O=C1c2cccc([N+](=O)[O-])c2C(=O)N1C1CCC(O)CC1. The lowest BCUT2D eigenvalue weighted by Crippen LogP contribution is -2.42. The smallest absolute Gasteiger partial charge is 0.282 e. The van der Waals surface area contributed by atoms with Crippen LogP contribution in [0.5, 0.6) is 0 Å². The minimum absolute atomic E-state index is 0.0975. The van der Waals surface area contributed by atoms with E-state index >= 15 is 0 Å². The third kappa shape index (κ3) is 2.09. The molecule has 0 aromatic heterocycles. The number of fused-ring (bicyclic) bond motifs is 1. The Kier molecular flexibility index (Phi) is 3.21. The maximum absolute atomic E-state index is 12.5. The molecule has 1 fully saturated rings. The third-order valence-electron chi connectivity index (χ3n) is 4.15. The molecule has 0 unspecified atom stereocenters. The van der Waals surface area contributed by atoms with Crippen LogP contribution in [0.4, 0.5) is 5.69 Å². The summed E-state index contributed by atoms with van der Waals surface area (Å²) in [6, 6.07) is 3.80. The van der Waals surface area contributed by atoms with Gasteiger partial charge in [0, 0.05) is 12.1 Å². The molecule has 1 aromatic carbocycles. The summed E-state index contributed by atoms with van der Waals surface area (Å²) in [6.07, 6.45) is 1.71. The van der Waals surface area contributed by atoms with Crippen molar-refractivity contribution in [3.63, 3.8) is 0 Å². The minimum Gasteiger partial charge on any atom is -0.393 e. The number of carbonyl (C=O) groups is 2. The molecule has 3 rings (SSSR count). The average Bonchev–Trinajstić information content (AvgIpc) is 2.72. The molecule has 1 heterocycles. The van der Waals surface area contributed by atoms with Crippen LogP contribution in [0.3, 0.4) is 0 Å². The first kappa shape index (κ1) is 13.7. The van der Waals surface area contributed by atoms with Crippen molar-refractivity contribution in [2.75, 3.05) is 0 Å². The number of hydrogen-bond acceptors (Lipinski definition) is 5. The third-order valence-corrected chi connectivity index (χ3v) is 4.15. The Balaban J connectivity index is 1.97. The van der Waals surface area contributed by atoms with E-state index in [4.69, 9.17) is 0 Å². The van der Waals surface area contributed by atoms with Gasteiger partial charge in [-0.1, -0.05) is 6.07 Å². The van der Waals surface area contributed by atoms with E-state index in [2.05, 4.69) is 0 Å². The number of imide groups is 1. The Hall–Kier alpha value is -2.28. The fraction of sp³-hybridized carbons (Fsp3) is 0.429. The van der Waals surface area contributed by atoms with Gasteiger partial charge in [-0.15, -0.1) is 0 Å². The average molecular weight is 290 g/mol. The summed E-state index contributed by atoms with van der Waals surface area (Å²) in [6.45, 7) is 0. The second-order valence-corrected chi connectivity index (χ2v) is 5.40. The first-order valence-electron chi connectivity index (χ1n) is 6.84. The largest absolute Gasteiger partial charge is 0.393 e. The van der Waals surface area contributed by atoms with Crippen molar-refractivity contribution in [1.29, 1.82) is 0 Å². The molecule has 2 aliphatic rings. The Morgan fingerprint density at radius 3 is 2.43 bits per heavy atom. The van der Waals surface area contributed by atoms with Crippen LogP contribution in [0.15, 0.2) is 18.2 Å². The number of aliphatic hydroxyl groups excluding tert-OH is 1. The van der Waals surface area contributed by atoms with Crippen LogP contribution in [0.25, 0.3) is 0 Å². The van der Waals surface area contributed by atoms with Crippen LogP contribution in [0.2, 0.25) is 0 Å². The topological polar surface area (TPSA) is 101 Å². The Morgan fingerprint density at radius 2 is 1.81 bits per heavy atom. The molecule has 1 aliphatic carbocycles. The quantitative estimate of drug-likeness (QED) is 0.505. The summed E-state index contributed by atoms with van der Waals surface area (Å²) < 4.78 is 0. The van der Waals surface area contributed by atoms with Crippen molar-refractivity contribution in [2.45, 2.75) is 37.8 Å². The molecule has 7 nitrogen and oxygen atoms in total. The van der Waals surface area contributed by atoms with Crippen LogP contribution in [0, 0.1) is 10.1 Å². The zero-order valence-electron chi connectivity index (χ0n) is 11.2. The molecular weight excluding hydrogens is 276 g/mol. The Morgan fingerprint density at radius 1 is 1.14 bits per heavy atom. The molecule has 2 amide bonds. The summed E-state index contributed by atoms with van der Waals surface area (Å²) in [5.41, 5.74) is -0.344. The molecule has 21 heavy (non-hydrogen) atoms. The number of nitrogens with zero attached hydrogens (tertiary/aromatic N) is 2. The predicted molar refractivity (Wildman–Crippen MR) is 71.9 cm³/mol. The van der Waals surface area contributed by atoms with Gasteiger partial charge in [0.15, 0.2) is 0 Å². The molecular formula is C14H14N2O5. The first-order valence-corrected chi connectivity index (χ1v) is 6.84. The number of nitro groups is 1. The lowest BCUT2D eigenvalue weighted by Gasteiger charge is -2.31. The number of rotatable bonds is 2. The Labute approximate surface area is 120 Å². The number of carbonyl (C=O) groups excluding carboxylic acids is 2. The van der Waals surface area contributed by atoms with Gasteiger partial charge in [0.1, 0.15) is 5.56 Å². The van der Waals surface area contributed by atoms with E-state index < -0.39 is 22.8 Å². The molecule has 1 saturated carbocycles. The molecule has 1 aromatic rings. The highest BCUT2D eigenvalue weighted by Gasteiger charge is 2.44. The summed E-state index contributed by atoms with van der Waals surface area (Å²) >= 11 is 0. The summed E-state index contributed by atoms with van der Waals surface area (Å²) in [5, 5.41) is 20.5. The normalized spacial score (nSPS) is 25.1. The second kappa shape index (κ2) is 4.92. The summed E-state index contributed by atoms with van der Waals surface area (Å²) in [5.74, 6) is -1.07. The van der Waals surface area contributed by atoms with E-state index in [0.717, 1.165) is 4.90 Å². The lowest BCUT2D eigenvalue weighted by molar-refractivity contribution is -0.385. The van der Waals surface area contributed by atoms with Gasteiger partial charge in [-0.3, -0.25) is 24.6 Å². The Bertz CT molecular complexity index is 634. The van der Waals surface area contributed by atoms with Crippen LogP contribution in [-0.4, -0.2) is 38.9 Å². The zero-order valence-corrected chi connectivity index (χ0v) is 11.2. The number of nitro benzene ring substituents is 1. The zero-order chi connectivity index (χ0) is 15.1. The van der Waals surface area contributed by atoms with Gasteiger partial charge >= 0.3 is 0 Å². The van der Waals surface area contributed by atoms with Gasteiger partial charge in [-0.2, -0.15) is 0 Å². The first-order chi connectivity index (χ1) is 10.0. The highest BCUT2D eigenvalue weighted by Crippen LogP contribution is 2.35. The molecule has 0 atom stereocenters. The van der Waals surface area contributed by atoms with Gasteiger partial charge in [0.25, 0.3) is 17.5 Å². The maximum Gasteiger partial charge on any atom is 0.282 e. The number of amides is 2. The molecule has 7 heteroatoms. The van der Waals surface area contributed by atoms with E-state index in [1.807, 2.05) is 0 Å². The monoisotopic (exact) mass is 290 g/mol. The molecule has 110 valence electrons. The van der Waals surface area contributed by atoms with Gasteiger partial charge in [0.05, 0.1) is 16.6 Å². The molecule has 0 spiro atoms. The highest BCUT2D eigenvalue weighted by molar-refractivity contribution is 6.23.